The molecule has 1 aromatic carbocycles. The molecule has 0 unspecified atom stereocenters. The summed E-state index contributed by atoms with van der Waals surface area (Å²) in [6.07, 6.45) is 3.22. The Morgan fingerprint density at radius 2 is 1.94 bits per heavy atom. The third-order valence-corrected chi connectivity index (χ3v) is 3.07. The van der Waals surface area contributed by atoms with Gasteiger partial charge in [0.15, 0.2) is 0 Å². The van der Waals surface area contributed by atoms with E-state index in [-0.39, 0.29) is 6.09 Å². The highest BCUT2D eigenvalue weighted by Crippen LogP contribution is 2.08. The van der Waals surface area contributed by atoms with Crippen LogP contribution in [0.2, 0.25) is 0 Å². The van der Waals surface area contributed by atoms with Crippen molar-refractivity contribution in [3.8, 4) is 5.75 Å². The first kappa shape index (κ1) is 12.9. The number of carbonyl (C=O) groups is 1. The summed E-state index contributed by atoms with van der Waals surface area (Å²) in [6.45, 7) is 4.14. The Morgan fingerprint density at radius 3 is 2.67 bits per heavy atom. The van der Waals surface area contributed by atoms with Crippen molar-refractivity contribution in [1.29, 1.82) is 0 Å². The van der Waals surface area contributed by atoms with Gasteiger partial charge in [-0.25, -0.2) is 4.79 Å². The fourth-order valence-corrected chi connectivity index (χ4v) is 2.13. The van der Waals surface area contributed by atoms with Crippen LogP contribution < -0.4 is 10.1 Å². The second-order valence-corrected chi connectivity index (χ2v) is 4.53. The normalized spacial score (nSPS) is 15.6. The third-order valence-electron chi connectivity index (χ3n) is 3.07. The number of hydrogen-bond donors (Lipinski definition) is 1. The molecular formula is C14H20N2O2. The molecule has 1 amide bonds. The smallest absolute Gasteiger partial charge is 0.410 e. The molecule has 1 N–H and O–H groups in total. The molecule has 0 saturated carbocycles. The van der Waals surface area contributed by atoms with Crippen molar-refractivity contribution in [2.24, 2.45) is 0 Å². The van der Waals surface area contributed by atoms with Crippen LogP contribution in [-0.2, 0) is 0 Å². The molecule has 1 fully saturated rings. The van der Waals surface area contributed by atoms with Crippen LogP contribution in [0.25, 0.3) is 0 Å². The Kier molecular flexibility index (Phi) is 5.02. The number of carbonyl (C=O) groups excluding carboxylic acids is 1. The van der Waals surface area contributed by atoms with E-state index in [1.165, 1.54) is 25.9 Å². The third kappa shape index (κ3) is 4.37. The zero-order valence-corrected chi connectivity index (χ0v) is 10.6. The van der Waals surface area contributed by atoms with Crippen molar-refractivity contribution in [3.63, 3.8) is 0 Å². The molecule has 18 heavy (non-hydrogen) atoms. The molecule has 1 aliphatic heterocycles. The molecule has 2 rings (SSSR count). The van der Waals surface area contributed by atoms with Crippen molar-refractivity contribution in [1.82, 2.24) is 10.2 Å². The van der Waals surface area contributed by atoms with Gasteiger partial charge in [0, 0.05) is 6.54 Å². The molecule has 1 heterocycles. The van der Waals surface area contributed by atoms with E-state index in [1.54, 1.807) is 12.1 Å². The van der Waals surface area contributed by atoms with Gasteiger partial charge >= 0.3 is 6.09 Å². The maximum Gasteiger partial charge on any atom is 0.412 e. The summed E-state index contributed by atoms with van der Waals surface area (Å²) in [7, 11) is 0. The maximum atomic E-state index is 11.5. The summed E-state index contributed by atoms with van der Waals surface area (Å²) in [5, 5.41) is 2.77. The van der Waals surface area contributed by atoms with Gasteiger partial charge in [-0.05, 0) is 51.0 Å². The van der Waals surface area contributed by atoms with Gasteiger partial charge in [0.05, 0.1) is 0 Å². The van der Waals surface area contributed by atoms with E-state index in [0.29, 0.717) is 12.3 Å². The first-order chi connectivity index (χ1) is 8.84. The first-order valence-electron chi connectivity index (χ1n) is 6.58. The molecule has 0 atom stereocenters. The SMILES string of the molecule is O=C(NCCCN1CCCC1)Oc1ccccc1. The van der Waals surface area contributed by atoms with Crippen LogP contribution >= 0.6 is 0 Å². The fourth-order valence-electron chi connectivity index (χ4n) is 2.13. The predicted molar refractivity (Wildman–Crippen MR) is 70.8 cm³/mol. The largest absolute Gasteiger partial charge is 0.412 e. The average molecular weight is 248 g/mol. The molecule has 0 aliphatic carbocycles. The molecule has 0 spiro atoms. The minimum atomic E-state index is -0.373. The topological polar surface area (TPSA) is 41.6 Å². The number of rotatable bonds is 5. The summed E-state index contributed by atoms with van der Waals surface area (Å²) in [4.78, 5) is 13.9. The van der Waals surface area contributed by atoms with Crippen molar-refractivity contribution >= 4 is 6.09 Å². The number of amides is 1. The molecule has 0 radical (unpaired) electrons. The number of para-hydroxylation sites is 1. The highest BCUT2D eigenvalue weighted by molar-refractivity contribution is 5.70. The summed E-state index contributed by atoms with van der Waals surface area (Å²) in [6, 6.07) is 9.11. The van der Waals surface area contributed by atoms with E-state index in [4.69, 9.17) is 4.74 Å². The molecule has 1 aromatic rings. The lowest BCUT2D eigenvalue weighted by Crippen LogP contribution is -2.30. The number of hydrogen-bond acceptors (Lipinski definition) is 3. The van der Waals surface area contributed by atoms with E-state index in [0.717, 1.165) is 13.0 Å². The Hall–Kier alpha value is -1.55. The second-order valence-electron chi connectivity index (χ2n) is 4.53. The Bertz CT molecular complexity index is 361. The van der Waals surface area contributed by atoms with Crippen molar-refractivity contribution in [2.75, 3.05) is 26.2 Å². The lowest BCUT2D eigenvalue weighted by atomic mass is 10.3. The Labute approximate surface area is 108 Å². The van der Waals surface area contributed by atoms with Crippen LogP contribution in [0.3, 0.4) is 0 Å². The van der Waals surface area contributed by atoms with E-state index < -0.39 is 0 Å². The minimum absolute atomic E-state index is 0.373. The van der Waals surface area contributed by atoms with Crippen LogP contribution in [0.4, 0.5) is 4.79 Å². The predicted octanol–water partition coefficient (Wildman–Crippen LogP) is 2.26. The van der Waals surface area contributed by atoms with E-state index >= 15 is 0 Å². The van der Waals surface area contributed by atoms with Crippen LogP contribution in [0.15, 0.2) is 30.3 Å². The van der Waals surface area contributed by atoms with Gasteiger partial charge in [0.1, 0.15) is 5.75 Å². The zero-order chi connectivity index (χ0) is 12.6. The molecule has 0 bridgehead atoms. The van der Waals surface area contributed by atoms with Crippen LogP contribution in [0.1, 0.15) is 19.3 Å². The number of benzene rings is 1. The van der Waals surface area contributed by atoms with E-state index in [1.807, 2.05) is 18.2 Å². The monoisotopic (exact) mass is 248 g/mol. The quantitative estimate of drug-likeness (QED) is 0.813. The van der Waals surface area contributed by atoms with Gasteiger partial charge < -0.3 is 15.0 Å². The van der Waals surface area contributed by atoms with Crippen LogP contribution in [0.5, 0.6) is 5.75 Å². The number of nitrogens with zero attached hydrogens (tertiary/aromatic N) is 1. The number of nitrogens with one attached hydrogen (secondary N) is 1. The molecule has 4 heteroatoms. The van der Waals surface area contributed by atoms with E-state index in [9.17, 15) is 4.79 Å². The van der Waals surface area contributed by atoms with Crippen molar-refractivity contribution in [3.05, 3.63) is 30.3 Å². The van der Waals surface area contributed by atoms with Crippen LogP contribution in [0, 0.1) is 0 Å². The second kappa shape index (κ2) is 7.01. The fraction of sp³-hybridized carbons (Fsp3) is 0.500. The van der Waals surface area contributed by atoms with E-state index in [2.05, 4.69) is 10.2 Å². The highest BCUT2D eigenvalue weighted by atomic mass is 16.5. The van der Waals surface area contributed by atoms with Gasteiger partial charge in [-0.2, -0.15) is 0 Å². The standard InChI is InChI=1S/C14H20N2O2/c17-14(18-13-7-2-1-3-8-13)15-9-6-12-16-10-4-5-11-16/h1-3,7-8H,4-6,9-12H2,(H,15,17). The first-order valence-corrected chi connectivity index (χ1v) is 6.58. The molecule has 0 aromatic heterocycles. The summed E-state index contributed by atoms with van der Waals surface area (Å²) >= 11 is 0. The van der Waals surface area contributed by atoms with Gasteiger partial charge in [-0.3, -0.25) is 0 Å². The molecule has 1 aliphatic rings. The number of ether oxygens (including phenoxy) is 1. The summed E-state index contributed by atoms with van der Waals surface area (Å²) < 4.78 is 5.12. The lowest BCUT2D eigenvalue weighted by Gasteiger charge is -2.14. The minimum Gasteiger partial charge on any atom is -0.410 e. The Balaban J connectivity index is 1.57. The number of likely N-dealkylation sites (tertiary alicyclic amines) is 1. The summed E-state index contributed by atoms with van der Waals surface area (Å²) in [5.74, 6) is 0.578. The van der Waals surface area contributed by atoms with Crippen molar-refractivity contribution in [2.45, 2.75) is 19.3 Å². The highest BCUT2D eigenvalue weighted by Gasteiger charge is 2.10. The summed E-state index contributed by atoms with van der Waals surface area (Å²) in [5.41, 5.74) is 0. The van der Waals surface area contributed by atoms with Crippen molar-refractivity contribution < 1.29 is 9.53 Å². The molecular weight excluding hydrogens is 228 g/mol. The maximum absolute atomic E-state index is 11.5. The zero-order valence-electron chi connectivity index (χ0n) is 10.6. The van der Waals surface area contributed by atoms with Gasteiger partial charge in [-0.1, -0.05) is 18.2 Å². The molecule has 4 nitrogen and oxygen atoms in total. The van der Waals surface area contributed by atoms with Crippen LogP contribution in [-0.4, -0.2) is 37.2 Å². The molecule has 98 valence electrons. The van der Waals surface area contributed by atoms with Gasteiger partial charge in [0.25, 0.3) is 0 Å². The van der Waals surface area contributed by atoms with Gasteiger partial charge in [-0.15, -0.1) is 0 Å². The Morgan fingerprint density at radius 1 is 1.22 bits per heavy atom. The average Bonchev–Trinajstić information content (AvgIpc) is 2.89. The lowest BCUT2D eigenvalue weighted by molar-refractivity contribution is 0.199. The molecule has 1 saturated heterocycles. The van der Waals surface area contributed by atoms with Gasteiger partial charge in [0.2, 0.25) is 0 Å².